The third-order valence-corrected chi connectivity index (χ3v) is 12.2. The Bertz CT molecular complexity index is 738. The van der Waals surface area contributed by atoms with Crippen molar-refractivity contribution in [2.24, 2.45) is 33.5 Å². The summed E-state index contributed by atoms with van der Waals surface area (Å²) in [5.41, 5.74) is 0.552. The molecule has 5 heteroatoms. The van der Waals surface area contributed by atoms with Crippen molar-refractivity contribution in [3.8, 4) is 0 Å². The molecule has 0 aromatic carbocycles. The van der Waals surface area contributed by atoms with Crippen LogP contribution >= 0.6 is 0 Å². The van der Waals surface area contributed by atoms with Crippen molar-refractivity contribution in [2.75, 3.05) is 26.2 Å². The fourth-order valence-corrected chi connectivity index (χ4v) is 8.28. The molecule has 0 amide bonds. The first-order valence-corrected chi connectivity index (χ1v) is 13.5. The minimum absolute atomic E-state index is 0.00228. The van der Waals surface area contributed by atoms with Crippen LogP contribution < -0.4 is 0 Å². The lowest BCUT2D eigenvalue weighted by Crippen LogP contribution is -2.55. The van der Waals surface area contributed by atoms with Crippen LogP contribution in [0, 0.1) is 33.5 Å². The molecule has 4 aliphatic carbocycles. The number of hydrogen-bond donors (Lipinski definition) is 0. The van der Waals surface area contributed by atoms with Crippen LogP contribution in [0.2, 0.25) is 0 Å². The van der Waals surface area contributed by atoms with E-state index < -0.39 is 0 Å². The molecule has 33 heavy (non-hydrogen) atoms. The van der Waals surface area contributed by atoms with Gasteiger partial charge in [-0.25, -0.2) is 9.59 Å². The van der Waals surface area contributed by atoms with Gasteiger partial charge in [-0.05, 0) is 75.0 Å². The highest BCUT2D eigenvalue weighted by atomic mass is 16.6. The molecular weight excluding hydrogens is 414 g/mol. The predicted molar refractivity (Wildman–Crippen MR) is 129 cm³/mol. The second-order valence-corrected chi connectivity index (χ2v) is 13.5. The maximum atomic E-state index is 13.1. The van der Waals surface area contributed by atoms with E-state index in [-0.39, 0.29) is 58.9 Å². The number of ether oxygens (including phenoxy) is 2. The molecular formula is C28H48NO4+. The minimum Gasteiger partial charge on any atom is -0.458 e. The molecule has 4 fully saturated rings. The van der Waals surface area contributed by atoms with Crippen molar-refractivity contribution < 1.29 is 23.5 Å². The Morgan fingerprint density at radius 3 is 1.33 bits per heavy atom. The molecule has 0 radical (unpaired) electrons. The van der Waals surface area contributed by atoms with E-state index >= 15 is 0 Å². The van der Waals surface area contributed by atoms with Gasteiger partial charge in [0.15, 0.2) is 13.1 Å². The van der Waals surface area contributed by atoms with Crippen LogP contribution in [0.1, 0.15) is 93.9 Å². The van der Waals surface area contributed by atoms with Crippen LogP contribution in [0.5, 0.6) is 0 Å². The summed E-state index contributed by atoms with van der Waals surface area (Å²) in [7, 11) is 0. The van der Waals surface area contributed by atoms with Gasteiger partial charge in [-0.15, -0.1) is 0 Å². The standard InChI is InChI=1S/C28H48NO4/c1-9-29(10-2,17-23(30)32-21-15-19-11-13-27(21,7)25(19,3)4)18-24(31)33-22-16-20-12-14-28(22,8)26(20,5)6/h19-22H,9-18H2,1-8H3/q+1/t19-,20-,21+,22+,27-,28-/m0/s1. The SMILES string of the molecule is CC[N+](CC)(CC(=O)O[C@@H]1C[C@@H]2CC[C@]1(C)C2(C)C)CC(=O)O[C@@H]1C[C@@H]2CC[C@]1(C)C2(C)C. The number of carbonyl (C=O) groups is 2. The highest BCUT2D eigenvalue weighted by molar-refractivity contribution is 5.73. The second kappa shape index (κ2) is 7.96. The molecule has 0 aromatic heterocycles. The Labute approximate surface area is 201 Å². The minimum atomic E-state index is -0.158. The number of esters is 2. The molecule has 0 N–H and O–H groups in total. The van der Waals surface area contributed by atoms with Crippen molar-refractivity contribution in [1.82, 2.24) is 0 Å². The third-order valence-electron chi connectivity index (χ3n) is 12.2. The smallest absolute Gasteiger partial charge is 0.362 e. The molecule has 0 aliphatic heterocycles. The first-order valence-electron chi connectivity index (χ1n) is 13.5. The van der Waals surface area contributed by atoms with Crippen LogP contribution in [0.25, 0.3) is 0 Å². The van der Waals surface area contributed by atoms with Crippen molar-refractivity contribution in [2.45, 2.75) is 106 Å². The molecule has 0 saturated heterocycles. The molecule has 0 heterocycles. The van der Waals surface area contributed by atoms with Crippen molar-refractivity contribution in [1.29, 1.82) is 0 Å². The lowest BCUT2D eigenvalue weighted by Gasteiger charge is -2.40. The van der Waals surface area contributed by atoms with E-state index in [1.54, 1.807) is 0 Å². The van der Waals surface area contributed by atoms with E-state index in [0.29, 0.717) is 29.4 Å². The van der Waals surface area contributed by atoms with Crippen LogP contribution in [0.4, 0.5) is 0 Å². The van der Waals surface area contributed by atoms with Crippen LogP contribution in [0.3, 0.4) is 0 Å². The fourth-order valence-electron chi connectivity index (χ4n) is 8.28. The van der Waals surface area contributed by atoms with Gasteiger partial charge < -0.3 is 14.0 Å². The summed E-state index contributed by atoms with van der Waals surface area (Å²) >= 11 is 0. The van der Waals surface area contributed by atoms with E-state index in [1.807, 2.05) is 0 Å². The average Bonchev–Trinajstić information content (AvgIpc) is 3.25. The summed E-state index contributed by atoms with van der Waals surface area (Å²) in [5, 5.41) is 0. The van der Waals surface area contributed by atoms with E-state index in [1.165, 1.54) is 12.8 Å². The Morgan fingerprint density at radius 2 is 1.09 bits per heavy atom. The molecule has 5 nitrogen and oxygen atoms in total. The third kappa shape index (κ3) is 3.58. The highest BCUT2D eigenvalue weighted by Crippen LogP contribution is 2.67. The number of nitrogens with zero attached hydrogens (tertiary/aromatic N) is 1. The van der Waals surface area contributed by atoms with Crippen molar-refractivity contribution >= 4 is 11.9 Å². The van der Waals surface area contributed by atoms with E-state index in [0.717, 1.165) is 25.7 Å². The lowest BCUT2D eigenvalue weighted by molar-refractivity contribution is -0.911. The Hall–Kier alpha value is -1.10. The lowest BCUT2D eigenvalue weighted by atomic mass is 9.70. The van der Waals surface area contributed by atoms with Gasteiger partial charge in [-0.1, -0.05) is 41.5 Å². The summed E-state index contributed by atoms with van der Waals surface area (Å²) in [6.07, 6.45) is 6.70. The summed E-state index contributed by atoms with van der Waals surface area (Å²) in [5.74, 6) is 0.960. The van der Waals surface area contributed by atoms with E-state index in [2.05, 4.69) is 55.4 Å². The van der Waals surface area contributed by atoms with Gasteiger partial charge >= 0.3 is 11.9 Å². The molecule has 4 bridgehead atoms. The van der Waals surface area contributed by atoms with Gasteiger partial charge in [0, 0.05) is 10.8 Å². The van der Waals surface area contributed by atoms with Crippen molar-refractivity contribution in [3.05, 3.63) is 0 Å². The molecule has 188 valence electrons. The number of hydrogen-bond acceptors (Lipinski definition) is 4. The molecule has 4 rings (SSSR count). The zero-order valence-electron chi connectivity index (χ0n) is 22.5. The Balaban J connectivity index is 1.38. The Kier molecular flexibility index (Phi) is 6.03. The Morgan fingerprint density at radius 1 is 0.727 bits per heavy atom. The zero-order valence-corrected chi connectivity index (χ0v) is 22.5. The zero-order chi connectivity index (χ0) is 24.4. The highest BCUT2D eigenvalue weighted by Gasteiger charge is 2.64. The number of carbonyl (C=O) groups excluding carboxylic acids is 2. The normalized spacial score (nSPS) is 40.2. The molecule has 6 atom stereocenters. The van der Waals surface area contributed by atoms with Gasteiger partial charge in [-0.3, -0.25) is 0 Å². The molecule has 0 aromatic rings. The topological polar surface area (TPSA) is 52.6 Å². The van der Waals surface area contributed by atoms with Gasteiger partial charge in [0.2, 0.25) is 0 Å². The predicted octanol–water partition coefficient (Wildman–Crippen LogP) is 5.36. The van der Waals surface area contributed by atoms with Gasteiger partial charge in [0.05, 0.1) is 13.1 Å². The molecule has 4 saturated carbocycles. The van der Waals surface area contributed by atoms with Gasteiger partial charge in [0.25, 0.3) is 0 Å². The van der Waals surface area contributed by atoms with Crippen LogP contribution in [-0.2, 0) is 19.1 Å². The van der Waals surface area contributed by atoms with Crippen LogP contribution in [-0.4, -0.2) is 54.8 Å². The molecule has 0 spiro atoms. The summed E-state index contributed by atoms with van der Waals surface area (Å²) in [6.45, 7) is 20.0. The first kappa shape index (κ1) is 25.0. The molecule has 4 aliphatic rings. The number of fused-ring (bicyclic) bond motifs is 4. The summed E-state index contributed by atoms with van der Waals surface area (Å²) in [6, 6.07) is 0. The maximum absolute atomic E-state index is 13.1. The quantitative estimate of drug-likeness (QED) is 0.360. The second-order valence-electron chi connectivity index (χ2n) is 13.5. The van der Waals surface area contributed by atoms with Crippen molar-refractivity contribution in [3.63, 3.8) is 0 Å². The van der Waals surface area contributed by atoms with E-state index in [9.17, 15) is 9.59 Å². The average molecular weight is 463 g/mol. The first-order chi connectivity index (χ1) is 15.2. The van der Waals surface area contributed by atoms with Gasteiger partial charge in [0.1, 0.15) is 12.2 Å². The van der Waals surface area contributed by atoms with Crippen LogP contribution in [0.15, 0.2) is 0 Å². The maximum Gasteiger partial charge on any atom is 0.362 e. The fraction of sp³-hybridized carbons (Fsp3) is 0.929. The number of quaternary nitrogens is 1. The van der Waals surface area contributed by atoms with E-state index in [4.69, 9.17) is 9.47 Å². The monoisotopic (exact) mass is 462 g/mol. The summed E-state index contributed by atoms with van der Waals surface area (Å²) < 4.78 is 12.7. The number of likely N-dealkylation sites (N-methyl/N-ethyl adjacent to an activating group) is 1. The largest absolute Gasteiger partial charge is 0.458 e. The molecule has 0 unspecified atom stereocenters. The number of rotatable bonds is 8. The van der Waals surface area contributed by atoms with Gasteiger partial charge in [-0.2, -0.15) is 0 Å². The summed E-state index contributed by atoms with van der Waals surface area (Å²) in [4.78, 5) is 26.3.